The van der Waals surface area contributed by atoms with Crippen molar-refractivity contribution in [3.63, 3.8) is 0 Å². The van der Waals surface area contributed by atoms with E-state index in [-0.39, 0.29) is 11.9 Å². The Kier molecular flexibility index (Phi) is 4.62. The third kappa shape index (κ3) is 3.42. The highest BCUT2D eigenvalue weighted by Crippen LogP contribution is 2.17. The average molecular weight is 242 g/mol. The molecule has 2 atom stereocenters. The normalized spacial score (nSPS) is 14.0. The lowest BCUT2D eigenvalue weighted by molar-refractivity contribution is -0.121. The van der Waals surface area contributed by atoms with Crippen LogP contribution in [-0.4, -0.2) is 18.4 Å². The van der Waals surface area contributed by atoms with Crippen LogP contribution in [0.4, 0.5) is 0 Å². The zero-order valence-electron chi connectivity index (χ0n) is 9.66. The summed E-state index contributed by atoms with van der Waals surface area (Å²) in [6, 6.07) is 7.51. The van der Waals surface area contributed by atoms with Gasteiger partial charge in [-0.15, -0.1) is 11.6 Å². The van der Waals surface area contributed by atoms with E-state index in [0.717, 1.165) is 11.3 Å². The molecule has 0 aromatic heterocycles. The van der Waals surface area contributed by atoms with E-state index in [2.05, 4.69) is 5.32 Å². The number of benzene rings is 1. The van der Waals surface area contributed by atoms with Crippen LogP contribution >= 0.6 is 11.6 Å². The fraction of sp³-hybridized carbons (Fsp3) is 0.417. The van der Waals surface area contributed by atoms with Crippen LogP contribution < -0.4 is 10.1 Å². The summed E-state index contributed by atoms with van der Waals surface area (Å²) in [4.78, 5) is 11.4. The minimum Gasteiger partial charge on any atom is -0.497 e. The second-order valence-electron chi connectivity index (χ2n) is 3.62. The summed E-state index contributed by atoms with van der Waals surface area (Å²) >= 11 is 5.68. The number of carbonyl (C=O) groups excluding carboxylic acids is 1. The SMILES string of the molecule is COc1ccc([C@H](C)NC(=O)[C@@H](C)Cl)cc1. The van der Waals surface area contributed by atoms with Gasteiger partial charge in [0.25, 0.3) is 0 Å². The Morgan fingerprint density at radius 3 is 2.31 bits per heavy atom. The van der Waals surface area contributed by atoms with Crippen LogP contribution in [0.1, 0.15) is 25.5 Å². The standard InChI is InChI=1S/C12H16ClNO2/c1-8(13)12(15)14-9(2)10-4-6-11(16-3)7-5-10/h4-9H,1-3H3,(H,14,15)/t8-,9+/m1/s1. The fourth-order valence-electron chi connectivity index (χ4n) is 1.30. The van der Waals surface area contributed by atoms with E-state index in [1.54, 1.807) is 14.0 Å². The number of halogens is 1. The molecule has 1 aromatic rings. The van der Waals surface area contributed by atoms with Crippen molar-refractivity contribution in [1.82, 2.24) is 5.32 Å². The topological polar surface area (TPSA) is 38.3 Å². The molecule has 0 aliphatic heterocycles. The maximum atomic E-state index is 11.4. The van der Waals surface area contributed by atoms with Gasteiger partial charge in [0.2, 0.25) is 5.91 Å². The highest BCUT2D eigenvalue weighted by atomic mass is 35.5. The molecule has 1 N–H and O–H groups in total. The van der Waals surface area contributed by atoms with Crippen LogP contribution in [0.5, 0.6) is 5.75 Å². The van der Waals surface area contributed by atoms with Crippen LogP contribution in [0.15, 0.2) is 24.3 Å². The molecule has 1 amide bonds. The lowest BCUT2D eigenvalue weighted by Gasteiger charge is -2.15. The number of carbonyl (C=O) groups is 1. The number of nitrogens with one attached hydrogen (secondary N) is 1. The van der Waals surface area contributed by atoms with Crippen molar-refractivity contribution in [2.75, 3.05) is 7.11 Å². The van der Waals surface area contributed by atoms with Gasteiger partial charge in [0, 0.05) is 0 Å². The second-order valence-corrected chi connectivity index (χ2v) is 4.27. The molecule has 0 radical (unpaired) electrons. The molecule has 0 saturated heterocycles. The zero-order valence-corrected chi connectivity index (χ0v) is 10.4. The molecule has 1 aromatic carbocycles. The Morgan fingerprint density at radius 1 is 1.31 bits per heavy atom. The molecule has 0 bridgehead atoms. The first-order valence-electron chi connectivity index (χ1n) is 5.13. The molecular weight excluding hydrogens is 226 g/mol. The number of alkyl halides is 1. The van der Waals surface area contributed by atoms with Gasteiger partial charge in [-0.05, 0) is 31.5 Å². The van der Waals surface area contributed by atoms with Gasteiger partial charge in [-0.3, -0.25) is 4.79 Å². The van der Waals surface area contributed by atoms with Gasteiger partial charge in [0.15, 0.2) is 0 Å². The Labute approximate surface area is 101 Å². The summed E-state index contributed by atoms with van der Waals surface area (Å²) in [6.45, 7) is 3.57. The lowest BCUT2D eigenvalue weighted by Crippen LogP contribution is -2.31. The minimum atomic E-state index is -0.513. The number of hydrogen-bond donors (Lipinski definition) is 1. The predicted octanol–water partition coefficient (Wildman–Crippen LogP) is 2.50. The van der Waals surface area contributed by atoms with E-state index in [0.29, 0.717) is 0 Å². The third-order valence-electron chi connectivity index (χ3n) is 2.34. The first kappa shape index (κ1) is 12.8. The van der Waals surface area contributed by atoms with E-state index in [1.165, 1.54) is 0 Å². The van der Waals surface area contributed by atoms with Crippen LogP contribution in [0.3, 0.4) is 0 Å². The number of amides is 1. The summed E-state index contributed by atoms with van der Waals surface area (Å²) in [5.74, 6) is 0.637. The number of hydrogen-bond acceptors (Lipinski definition) is 2. The Balaban J connectivity index is 2.65. The lowest BCUT2D eigenvalue weighted by atomic mass is 10.1. The summed E-state index contributed by atoms with van der Waals surface area (Å²) in [5, 5.41) is 2.31. The summed E-state index contributed by atoms with van der Waals surface area (Å²) < 4.78 is 5.06. The Morgan fingerprint density at radius 2 is 1.88 bits per heavy atom. The van der Waals surface area contributed by atoms with E-state index >= 15 is 0 Å². The zero-order chi connectivity index (χ0) is 12.1. The monoisotopic (exact) mass is 241 g/mol. The maximum Gasteiger partial charge on any atom is 0.238 e. The first-order chi connectivity index (χ1) is 7.54. The molecule has 0 spiro atoms. The summed E-state index contributed by atoms with van der Waals surface area (Å²) in [5.41, 5.74) is 1.02. The first-order valence-corrected chi connectivity index (χ1v) is 5.56. The summed E-state index contributed by atoms with van der Waals surface area (Å²) in [6.07, 6.45) is 0. The van der Waals surface area contributed by atoms with Crippen molar-refractivity contribution in [2.24, 2.45) is 0 Å². The van der Waals surface area contributed by atoms with Crippen molar-refractivity contribution in [2.45, 2.75) is 25.3 Å². The van der Waals surface area contributed by atoms with Crippen molar-refractivity contribution in [1.29, 1.82) is 0 Å². The molecule has 4 heteroatoms. The molecule has 3 nitrogen and oxygen atoms in total. The van der Waals surface area contributed by atoms with Crippen LogP contribution in [0.2, 0.25) is 0 Å². The van der Waals surface area contributed by atoms with E-state index < -0.39 is 5.38 Å². The van der Waals surface area contributed by atoms with Gasteiger partial charge in [0.1, 0.15) is 11.1 Å². The van der Waals surface area contributed by atoms with Crippen LogP contribution in [-0.2, 0) is 4.79 Å². The van der Waals surface area contributed by atoms with Gasteiger partial charge in [-0.2, -0.15) is 0 Å². The van der Waals surface area contributed by atoms with Gasteiger partial charge in [-0.25, -0.2) is 0 Å². The van der Waals surface area contributed by atoms with E-state index in [4.69, 9.17) is 16.3 Å². The van der Waals surface area contributed by atoms with Crippen molar-refractivity contribution in [3.05, 3.63) is 29.8 Å². The second kappa shape index (κ2) is 5.75. The highest BCUT2D eigenvalue weighted by Gasteiger charge is 2.13. The maximum absolute atomic E-state index is 11.4. The van der Waals surface area contributed by atoms with Gasteiger partial charge in [-0.1, -0.05) is 12.1 Å². The molecule has 0 unspecified atom stereocenters. The van der Waals surface area contributed by atoms with Crippen molar-refractivity contribution in [3.8, 4) is 5.75 Å². The summed E-state index contributed by atoms with van der Waals surface area (Å²) in [7, 11) is 1.62. The van der Waals surface area contributed by atoms with Crippen LogP contribution in [0.25, 0.3) is 0 Å². The highest BCUT2D eigenvalue weighted by molar-refractivity contribution is 6.30. The molecule has 0 saturated carbocycles. The Hall–Kier alpha value is -1.22. The largest absolute Gasteiger partial charge is 0.497 e. The molecular formula is C12H16ClNO2. The van der Waals surface area contributed by atoms with Gasteiger partial charge in [0.05, 0.1) is 13.2 Å². The van der Waals surface area contributed by atoms with Crippen molar-refractivity contribution >= 4 is 17.5 Å². The Bertz CT molecular complexity index is 349. The average Bonchev–Trinajstić information content (AvgIpc) is 2.28. The predicted molar refractivity (Wildman–Crippen MR) is 64.9 cm³/mol. The molecule has 0 aliphatic rings. The quantitative estimate of drug-likeness (QED) is 0.823. The molecule has 0 fully saturated rings. The number of rotatable bonds is 4. The van der Waals surface area contributed by atoms with Crippen LogP contribution in [0, 0.1) is 0 Å². The molecule has 88 valence electrons. The molecule has 16 heavy (non-hydrogen) atoms. The fourth-order valence-corrected chi connectivity index (χ4v) is 1.37. The molecule has 0 aliphatic carbocycles. The van der Waals surface area contributed by atoms with E-state index in [1.807, 2.05) is 31.2 Å². The number of ether oxygens (including phenoxy) is 1. The number of methoxy groups -OCH3 is 1. The van der Waals surface area contributed by atoms with Gasteiger partial charge >= 0.3 is 0 Å². The molecule has 1 rings (SSSR count). The third-order valence-corrected chi connectivity index (χ3v) is 2.53. The minimum absolute atomic E-state index is 0.0559. The smallest absolute Gasteiger partial charge is 0.238 e. The molecule has 0 heterocycles. The van der Waals surface area contributed by atoms with E-state index in [9.17, 15) is 4.79 Å². The van der Waals surface area contributed by atoms with Crippen molar-refractivity contribution < 1.29 is 9.53 Å². The van der Waals surface area contributed by atoms with Gasteiger partial charge < -0.3 is 10.1 Å².